The summed E-state index contributed by atoms with van der Waals surface area (Å²) in [4.78, 5) is 26.3. The van der Waals surface area contributed by atoms with Gasteiger partial charge in [0.05, 0.1) is 11.0 Å². The number of carbonyl (C=O) groups is 1. The number of ether oxygens (including phenoxy) is 1. The third-order valence-electron chi connectivity index (χ3n) is 3.50. The standard InChI is InChI=1S/C17H17N3O3/c21-16-19-14-8-4-5-9-15(14)20(16)11-10-18-17(22)23-12-13-6-2-1-3-7-13/h1-9H,10-12H2,(H,18,22)(H,19,21). The molecule has 23 heavy (non-hydrogen) atoms. The van der Waals surface area contributed by atoms with Gasteiger partial charge < -0.3 is 15.0 Å². The van der Waals surface area contributed by atoms with Crippen molar-refractivity contribution in [3.05, 3.63) is 70.6 Å². The fourth-order valence-electron chi connectivity index (χ4n) is 2.37. The lowest BCUT2D eigenvalue weighted by molar-refractivity contribution is 0.139. The average Bonchev–Trinajstić information content (AvgIpc) is 2.90. The highest BCUT2D eigenvalue weighted by Crippen LogP contribution is 2.08. The third-order valence-corrected chi connectivity index (χ3v) is 3.50. The van der Waals surface area contributed by atoms with Crippen LogP contribution >= 0.6 is 0 Å². The summed E-state index contributed by atoms with van der Waals surface area (Å²) in [6, 6.07) is 16.9. The number of hydrogen-bond donors (Lipinski definition) is 2. The second kappa shape index (κ2) is 6.83. The van der Waals surface area contributed by atoms with E-state index in [1.54, 1.807) is 4.57 Å². The van der Waals surface area contributed by atoms with E-state index in [1.165, 1.54) is 0 Å². The zero-order chi connectivity index (χ0) is 16.1. The number of rotatable bonds is 5. The minimum absolute atomic E-state index is 0.189. The quantitative estimate of drug-likeness (QED) is 0.759. The Bertz CT molecular complexity index is 852. The van der Waals surface area contributed by atoms with Crippen molar-refractivity contribution in [1.29, 1.82) is 0 Å². The largest absolute Gasteiger partial charge is 0.445 e. The van der Waals surface area contributed by atoms with Gasteiger partial charge in [-0.2, -0.15) is 0 Å². The number of alkyl carbamates (subject to hydrolysis) is 1. The number of hydrogen-bond acceptors (Lipinski definition) is 3. The number of carbonyl (C=O) groups excluding carboxylic acids is 1. The van der Waals surface area contributed by atoms with E-state index in [9.17, 15) is 9.59 Å². The van der Waals surface area contributed by atoms with Crippen LogP contribution in [0.4, 0.5) is 4.79 Å². The molecular formula is C17H17N3O3. The number of imidazole rings is 1. The van der Waals surface area contributed by atoms with E-state index in [0.717, 1.165) is 16.6 Å². The van der Waals surface area contributed by atoms with Crippen molar-refractivity contribution in [2.45, 2.75) is 13.2 Å². The van der Waals surface area contributed by atoms with Crippen LogP contribution in [-0.4, -0.2) is 22.2 Å². The van der Waals surface area contributed by atoms with E-state index in [1.807, 2.05) is 54.6 Å². The lowest BCUT2D eigenvalue weighted by Crippen LogP contribution is -2.30. The number of nitrogens with zero attached hydrogens (tertiary/aromatic N) is 1. The Balaban J connectivity index is 1.51. The first kappa shape index (κ1) is 14.9. The van der Waals surface area contributed by atoms with Crippen LogP contribution in [0, 0.1) is 0 Å². The minimum atomic E-state index is -0.498. The first-order chi connectivity index (χ1) is 11.2. The lowest BCUT2D eigenvalue weighted by Gasteiger charge is -2.07. The van der Waals surface area contributed by atoms with Crippen LogP contribution < -0.4 is 11.0 Å². The van der Waals surface area contributed by atoms with Gasteiger partial charge in [-0.1, -0.05) is 42.5 Å². The fourth-order valence-corrected chi connectivity index (χ4v) is 2.37. The van der Waals surface area contributed by atoms with Gasteiger partial charge in [0.15, 0.2) is 0 Å². The minimum Gasteiger partial charge on any atom is -0.445 e. The van der Waals surface area contributed by atoms with Gasteiger partial charge in [-0.05, 0) is 17.7 Å². The molecule has 0 aliphatic rings. The second-order valence-electron chi connectivity index (χ2n) is 5.09. The molecular weight excluding hydrogens is 294 g/mol. The summed E-state index contributed by atoms with van der Waals surface area (Å²) in [7, 11) is 0. The smallest absolute Gasteiger partial charge is 0.407 e. The zero-order valence-corrected chi connectivity index (χ0v) is 12.5. The van der Waals surface area contributed by atoms with Gasteiger partial charge in [-0.3, -0.25) is 4.57 Å². The summed E-state index contributed by atoms with van der Waals surface area (Å²) in [6.45, 7) is 0.915. The first-order valence-electron chi connectivity index (χ1n) is 7.36. The van der Waals surface area contributed by atoms with Gasteiger partial charge >= 0.3 is 11.8 Å². The molecule has 0 aliphatic carbocycles. The average molecular weight is 311 g/mol. The van der Waals surface area contributed by atoms with Crippen LogP contribution in [0.1, 0.15) is 5.56 Å². The lowest BCUT2D eigenvalue weighted by atomic mass is 10.2. The number of H-pyrrole nitrogens is 1. The van der Waals surface area contributed by atoms with Gasteiger partial charge in [0.25, 0.3) is 0 Å². The summed E-state index contributed by atoms with van der Waals surface area (Å²) < 4.78 is 6.71. The van der Waals surface area contributed by atoms with E-state index in [4.69, 9.17) is 4.74 Å². The number of amides is 1. The molecule has 2 aromatic carbocycles. The number of aromatic amines is 1. The normalized spacial score (nSPS) is 10.6. The first-order valence-corrected chi connectivity index (χ1v) is 7.36. The van der Waals surface area contributed by atoms with Crippen molar-refractivity contribution in [3.8, 4) is 0 Å². The summed E-state index contributed by atoms with van der Waals surface area (Å²) in [5.41, 5.74) is 2.34. The van der Waals surface area contributed by atoms with E-state index in [2.05, 4.69) is 10.3 Å². The number of para-hydroxylation sites is 2. The van der Waals surface area contributed by atoms with Crippen LogP contribution in [0.3, 0.4) is 0 Å². The molecule has 0 spiro atoms. The molecule has 0 aliphatic heterocycles. The molecule has 3 rings (SSSR count). The monoisotopic (exact) mass is 311 g/mol. The predicted molar refractivity (Wildman–Crippen MR) is 87.2 cm³/mol. The van der Waals surface area contributed by atoms with Crippen LogP contribution in [0.15, 0.2) is 59.4 Å². The molecule has 0 bridgehead atoms. The molecule has 1 aromatic heterocycles. The van der Waals surface area contributed by atoms with Crippen molar-refractivity contribution >= 4 is 17.1 Å². The summed E-state index contributed by atoms with van der Waals surface area (Å²) in [6.07, 6.45) is -0.498. The van der Waals surface area contributed by atoms with Gasteiger partial charge in [-0.15, -0.1) is 0 Å². The SMILES string of the molecule is O=C(NCCn1c(=O)[nH]c2ccccc21)OCc1ccccc1. The number of fused-ring (bicyclic) bond motifs is 1. The van der Waals surface area contributed by atoms with E-state index < -0.39 is 6.09 Å². The Labute approximate surface area is 132 Å². The fraction of sp³-hybridized carbons (Fsp3) is 0.176. The van der Waals surface area contributed by atoms with Crippen molar-refractivity contribution in [1.82, 2.24) is 14.9 Å². The Morgan fingerprint density at radius 3 is 2.65 bits per heavy atom. The molecule has 1 amide bonds. The molecule has 3 aromatic rings. The number of benzene rings is 2. The van der Waals surface area contributed by atoms with Crippen molar-refractivity contribution < 1.29 is 9.53 Å². The number of aromatic nitrogens is 2. The van der Waals surface area contributed by atoms with Gasteiger partial charge in [0.1, 0.15) is 6.61 Å². The maximum atomic E-state index is 11.9. The van der Waals surface area contributed by atoms with Crippen LogP contribution in [0.5, 0.6) is 0 Å². The van der Waals surface area contributed by atoms with Gasteiger partial charge in [0, 0.05) is 13.1 Å². The van der Waals surface area contributed by atoms with Crippen LogP contribution in [0.2, 0.25) is 0 Å². The van der Waals surface area contributed by atoms with Crippen LogP contribution in [0.25, 0.3) is 11.0 Å². The molecule has 0 saturated heterocycles. The highest BCUT2D eigenvalue weighted by atomic mass is 16.5. The van der Waals surface area contributed by atoms with Crippen molar-refractivity contribution in [3.63, 3.8) is 0 Å². The highest BCUT2D eigenvalue weighted by molar-refractivity contribution is 5.74. The van der Waals surface area contributed by atoms with Crippen molar-refractivity contribution in [2.75, 3.05) is 6.54 Å². The van der Waals surface area contributed by atoms with E-state index in [0.29, 0.717) is 13.1 Å². The third kappa shape index (κ3) is 3.60. The molecule has 0 saturated carbocycles. The van der Waals surface area contributed by atoms with Crippen LogP contribution in [-0.2, 0) is 17.9 Å². The molecule has 0 unspecified atom stereocenters. The predicted octanol–water partition coefficient (Wildman–Crippen LogP) is 2.26. The molecule has 2 N–H and O–H groups in total. The molecule has 118 valence electrons. The molecule has 0 fully saturated rings. The maximum absolute atomic E-state index is 11.9. The van der Waals surface area contributed by atoms with Gasteiger partial charge in [-0.25, -0.2) is 9.59 Å². The molecule has 0 atom stereocenters. The Morgan fingerprint density at radius 1 is 1.09 bits per heavy atom. The maximum Gasteiger partial charge on any atom is 0.407 e. The van der Waals surface area contributed by atoms with E-state index >= 15 is 0 Å². The van der Waals surface area contributed by atoms with Crippen molar-refractivity contribution in [2.24, 2.45) is 0 Å². The second-order valence-corrected chi connectivity index (χ2v) is 5.09. The summed E-state index contributed by atoms with van der Waals surface area (Å²) >= 11 is 0. The van der Waals surface area contributed by atoms with Gasteiger partial charge in [0.2, 0.25) is 0 Å². The molecule has 6 nitrogen and oxygen atoms in total. The molecule has 0 radical (unpaired) electrons. The summed E-state index contributed by atoms with van der Waals surface area (Å²) in [5, 5.41) is 2.65. The zero-order valence-electron chi connectivity index (χ0n) is 12.5. The topological polar surface area (TPSA) is 76.1 Å². The molecule has 1 heterocycles. The Kier molecular flexibility index (Phi) is 4.42. The molecule has 6 heteroatoms. The van der Waals surface area contributed by atoms with E-state index in [-0.39, 0.29) is 12.3 Å². The highest BCUT2D eigenvalue weighted by Gasteiger charge is 2.07. The Hall–Kier alpha value is -3.02. The number of nitrogens with one attached hydrogen (secondary N) is 2. The summed E-state index contributed by atoms with van der Waals surface area (Å²) in [5.74, 6) is 0. The Morgan fingerprint density at radius 2 is 1.83 bits per heavy atom.